The Bertz CT molecular complexity index is 561. The summed E-state index contributed by atoms with van der Waals surface area (Å²) in [6.45, 7) is 0.904. The molecule has 2 fully saturated rings. The summed E-state index contributed by atoms with van der Waals surface area (Å²) in [7, 11) is -3.39. The smallest absolute Gasteiger partial charge is 0.279 e. The van der Waals surface area contributed by atoms with E-state index in [-0.39, 0.29) is 18.6 Å². The van der Waals surface area contributed by atoms with Crippen LogP contribution in [0.3, 0.4) is 0 Å². The van der Waals surface area contributed by atoms with E-state index in [9.17, 15) is 8.42 Å². The van der Waals surface area contributed by atoms with Gasteiger partial charge >= 0.3 is 0 Å². The van der Waals surface area contributed by atoms with Crippen LogP contribution < -0.4 is 10.5 Å². The third-order valence-corrected chi connectivity index (χ3v) is 5.98. The van der Waals surface area contributed by atoms with E-state index in [1.165, 1.54) is 6.42 Å². The number of nitrogens with one attached hydrogen (secondary N) is 1. The van der Waals surface area contributed by atoms with Crippen LogP contribution in [-0.4, -0.2) is 31.9 Å². The molecule has 5 nitrogen and oxygen atoms in total. The highest BCUT2D eigenvalue weighted by atomic mass is 32.2. The zero-order chi connectivity index (χ0) is 14.2. The normalized spacial score (nSPS) is 27.9. The van der Waals surface area contributed by atoms with Crippen LogP contribution >= 0.6 is 0 Å². The molecule has 1 aliphatic heterocycles. The van der Waals surface area contributed by atoms with Crippen molar-refractivity contribution < 1.29 is 8.42 Å². The summed E-state index contributed by atoms with van der Waals surface area (Å²) in [5.74, 6) is 0.555. The minimum absolute atomic E-state index is 0.199. The summed E-state index contributed by atoms with van der Waals surface area (Å²) in [6, 6.07) is 9.44. The molecule has 1 saturated carbocycles. The number of rotatable bonds is 5. The van der Waals surface area contributed by atoms with E-state index < -0.39 is 10.2 Å². The Hall–Kier alpha value is -0.950. The third kappa shape index (κ3) is 2.74. The summed E-state index contributed by atoms with van der Waals surface area (Å²) >= 11 is 0. The molecule has 0 amide bonds. The van der Waals surface area contributed by atoms with Gasteiger partial charge in [0.05, 0.1) is 0 Å². The summed E-state index contributed by atoms with van der Waals surface area (Å²) in [5, 5.41) is 0. The molecule has 2 aliphatic rings. The van der Waals surface area contributed by atoms with Crippen LogP contribution in [0.2, 0.25) is 0 Å². The fourth-order valence-corrected chi connectivity index (χ4v) is 4.82. The standard InChI is InChI=1S/C14H21N3O2S/c15-14(12-4-2-1-3-5-12)9-16-20(18,19)17-10-11-6-7-13(17)8-11/h1-5,11,13-14,16H,6-10,15H2. The lowest BCUT2D eigenvalue weighted by Crippen LogP contribution is -2.46. The minimum Gasteiger partial charge on any atom is -0.323 e. The first kappa shape index (κ1) is 14.0. The van der Waals surface area contributed by atoms with Gasteiger partial charge in [-0.1, -0.05) is 30.3 Å². The van der Waals surface area contributed by atoms with E-state index >= 15 is 0 Å². The molecule has 20 heavy (non-hydrogen) atoms. The molecule has 3 N–H and O–H groups in total. The topological polar surface area (TPSA) is 75.4 Å². The number of nitrogens with two attached hydrogens (primary N) is 1. The van der Waals surface area contributed by atoms with Gasteiger partial charge < -0.3 is 5.73 Å². The number of hydrogen-bond donors (Lipinski definition) is 2. The summed E-state index contributed by atoms with van der Waals surface area (Å²) in [5.41, 5.74) is 6.97. The van der Waals surface area contributed by atoms with E-state index in [1.54, 1.807) is 4.31 Å². The van der Waals surface area contributed by atoms with Gasteiger partial charge in [0.1, 0.15) is 0 Å². The molecular formula is C14H21N3O2S. The van der Waals surface area contributed by atoms with Crippen molar-refractivity contribution in [3.63, 3.8) is 0 Å². The van der Waals surface area contributed by atoms with Crippen molar-refractivity contribution in [3.8, 4) is 0 Å². The van der Waals surface area contributed by atoms with E-state index in [0.717, 1.165) is 18.4 Å². The van der Waals surface area contributed by atoms with Crippen molar-refractivity contribution in [3.05, 3.63) is 35.9 Å². The Morgan fingerprint density at radius 2 is 2.05 bits per heavy atom. The molecule has 1 aliphatic carbocycles. The van der Waals surface area contributed by atoms with Crippen LogP contribution in [0, 0.1) is 5.92 Å². The van der Waals surface area contributed by atoms with Crippen LogP contribution in [0.1, 0.15) is 30.9 Å². The largest absolute Gasteiger partial charge is 0.323 e. The maximum Gasteiger partial charge on any atom is 0.279 e. The molecule has 1 aromatic carbocycles. The summed E-state index contributed by atoms with van der Waals surface area (Å²) in [6.07, 6.45) is 3.18. The van der Waals surface area contributed by atoms with Crippen LogP contribution in [-0.2, 0) is 10.2 Å². The van der Waals surface area contributed by atoms with Crippen molar-refractivity contribution in [1.82, 2.24) is 9.03 Å². The number of piperidine rings is 1. The highest BCUT2D eigenvalue weighted by Gasteiger charge is 2.43. The molecule has 1 heterocycles. The second-order valence-electron chi connectivity index (χ2n) is 5.77. The molecule has 3 unspecified atom stereocenters. The second kappa shape index (κ2) is 5.44. The minimum atomic E-state index is -3.39. The fourth-order valence-electron chi connectivity index (χ4n) is 3.27. The zero-order valence-corrected chi connectivity index (χ0v) is 12.2. The van der Waals surface area contributed by atoms with E-state index in [4.69, 9.17) is 5.73 Å². The number of hydrogen-bond acceptors (Lipinski definition) is 3. The molecule has 6 heteroatoms. The number of nitrogens with zero attached hydrogens (tertiary/aromatic N) is 1. The van der Waals surface area contributed by atoms with Crippen molar-refractivity contribution in [2.24, 2.45) is 11.7 Å². The summed E-state index contributed by atoms with van der Waals surface area (Å²) < 4.78 is 28.9. The first-order valence-electron chi connectivity index (χ1n) is 7.13. The fraction of sp³-hybridized carbons (Fsp3) is 0.571. The van der Waals surface area contributed by atoms with Gasteiger partial charge in [0.15, 0.2) is 0 Å². The number of benzene rings is 1. The molecule has 3 rings (SSSR count). The lowest BCUT2D eigenvalue weighted by molar-refractivity contribution is 0.328. The first-order chi connectivity index (χ1) is 9.56. The lowest BCUT2D eigenvalue weighted by atomic mass is 10.1. The second-order valence-corrected chi connectivity index (χ2v) is 7.48. The SMILES string of the molecule is NC(CNS(=O)(=O)N1CC2CCC1C2)c1ccccc1. The van der Waals surface area contributed by atoms with Crippen molar-refractivity contribution in [2.75, 3.05) is 13.1 Å². The summed E-state index contributed by atoms with van der Waals surface area (Å²) in [4.78, 5) is 0. The van der Waals surface area contributed by atoms with E-state index in [2.05, 4.69) is 4.72 Å². The van der Waals surface area contributed by atoms with Gasteiger partial charge in [0.2, 0.25) is 0 Å². The predicted octanol–water partition coefficient (Wildman–Crippen LogP) is 1.01. The van der Waals surface area contributed by atoms with Crippen LogP contribution in [0.5, 0.6) is 0 Å². The van der Waals surface area contributed by atoms with Crippen LogP contribution in [0.25, 0.3) is 0 Å². The molecule has 110 valence electrons. The molecule has 0 aromatic heterocycles. The molecule has 2 bridgehead atoms. The Morgan fingerprint density at radius 1 is 1.30 bits per heavy atom. The van der Waals surface area contributed by atoms with Crippen LogP contribution in [0.15, 0.2) is 30.3 Å². The zero-order valence-electron chi connectivity index (χ0n) is 11.4. The highest BCUT2D eigenvalue weighted by molar-refractivity contribution is 7.87. The van der Waals surface area contributed by atoms with E-state index in [0.29, 0.717) is 12.5 Å². The van der Waals surface area contributed by atoms with Gasteiger partial charge in [0.25, 0.3) is 10.2 Å². The maximum atomic E-state index is 12.3. The first-order valence-corrected chi connectivity index (χ1v) is 8.57. The van der Waals surface area contributed by atoms with E-state index in [1.807, 2.05) is 30.3 Å². The Balaban J connectivity index is 1.60. The third-order valence-electron chi connectivity index (χ3n) is 4.38. The molecule has 0 radical (unpaired) electrons. The maximum absolute atomic E-state index is 12.3. The molecule has 1 aromatic rings. The highest BCUT2D eigenvalue weighted by Crippen LogP contribution is 2.38. The Labute approximate surface area is 120 Å². The van der Waals surface area contributed by atoms with Crippen molar-refractivity contribution in [1.29, 1.82) is 0 Å². The molecular weight excluding hydrogens is 274 g/mol. The van der Waals surface area contributed by atoms with Gasteiger partial charge in [-0.2, -0.15) is 12.7 Å². The Morgan fingerprint density at radius 3 is 2.65 bits per heavy atom. The molecule has 3 atom stereocenters. The quantitative estimate of drug-likeness (QED) is 0.851. The van der Waals surface area contributed by atoms with Gasteiger partial charge in [0, 0.05) is 25.2 Å². The number of fused-ring (bicyclic) bond motifs is 2. The lowest BCUT2D eigenvalue weighted by Gasteiger charge is -2.26. The Kier molecular flexibility index (Phi) is 3.81. The molecule has 1 saturated heterocycles. The molecule has 0 spiro atoms. The monoisotopic (exact) mass is 295 g/mol. The van der Waals surface area contributed by atoms with Crippen LogP contribution in [0.4, 0.5) is 0 Å². The predicted molar refractivity (Wildman–Crippen MR) is 78.1 cm³/mol. The van der Waals surface area contributed by atoms with Crippen molar-refractivity contribution in [2.45, 2.75) is 31.3 Å². The average molecular weight is 295 g/mol. The van der Waals surface area contributed by atoms with Gasteiger partial charge in [-0.15, -0.1) is 0 Å². The van der Waals surface area contributed by atoms with Gasteiger partial charge in [-0.3, -0.25) is 0 Å². The van der Waals surface area contributed by atoms with Gasteiger partial charge in [-0.05, 0) is 30.7 Å². The van der Waals surface area contributed by atoms with Crippen molar-refractivity contribution >= 4 is 10.2 Å². The average Bonchev–Trinajstić information content (AvgIpc) is 3.09. The van der Waals surface area contributed by atoms with Gasteiger partial charge in [-0.25, -0.2) is 4.72 Å².